The summed E-state index contributed by atoms with van der Waals surface area (Å²) in [6.45, 7) is 0. The van der Waals surface area contributed by atoms with E-state index in [-0.39, 0.29) is 0 Å². The number of hydrogen-bond acceptors (Lipinski definition) is 3. The Morgan fingerprint density at radius 3 is 2.69 bits per heavy atom. The Kier molecular flexibility index (Phi) is 2.33. The van der Waals surface area contributed by atoms with Crippen LogP contribution in [0.15, 0.2) is 34.2 Å². The summed E-state index contributed by atoms with van der Waals surface area (Å²) < 4.78 is 1.02. The first kappa shape index (κ1) is 8.72. The zero-order valence-corrected chi connectivity index (χ0v) is 9.10. The van der Waals surface area contributed by atoms with Crippen LogP contribution in [-0.2, 0) is 0 Å². The van der Waals surface area contributed by atoms with E-state index in [2.05, 4.69) is 20.9 Å². The van der Waals surface area contributed by atoms with Gasteiger partial charge < -0.3 is 5.73 Å². The molecule has 13 heavy (non-hydrogen) atoms. The molecule has 0 bridgehead atoms. The molecule has 0 aliphatic heterocycles. The first-order valence-corrected chi connectivity index (χ1v) is 5.34. The van der Waals surface area contributed by atoms with E-state index in [0.29, 0.717) is 0 Å². The Labute approximate surface area is 88.6 Å². The van der Waals surface area contributed by atoms with E-state index in [9.17, 15) is 0 Å². The summed E-state index contributed by atoms with van der Waals surface area (Å²) >= 11 is 4.95. The lowest BCUT2D eigenvalue weighted by atomic mass is 10.2. The van der Waals surface area contributed by atoms with Crippen LogP contribution in [0, 0.1) is 0 Å². The maximum atomic E-state index is 5.81. The Balaban J connectivity index is 2.52. The highest BCUT2D eigenvalue weighted by atomic mass is 79.9. The lowest BCUT2D eigenvalue weighted by Crippen LogP contribution is -1.87. The van der Waals surface area contributed by atoms with Crippen molar-refractivity contribution in [1.29, 1.82) is 0 Å². The number of aromatic nitrogens is 1. The summed E-state index contributed by atoms with van der Waals surface area (Å²) in [5.41, 5.74) is 7.58. The molecular formula is C9H7BrN2S. The Hall–Kier alpha value is -0.870. The maximum absolute atomic E-state index is 5.81. The van der Waals surface area contributed by atoms with Gasteiger partial charge in [-0.15, -0.1) is 11.3 Å². The molecule has 0 fully saturated rings. The molecular weight excluding hydrogens is 248 g/mol. The second kappa shape index (κ2) is 3.47. The van der Waals surface area contributed by atoms with Gasteiger partial charge in [0.15, 0.2) is 0 Å². The van der Waals surface area contributed by atoms with Crippen LogP contribution in [-0.4, -0.2) is 4.98 Å². The molecule has 0 saturated carbocycles. The molecule has 0 unspecified atom stereocenters. The Morgan fingerprint density at radius 1 is 1.31 bits per heavy atom. The minimum Gasteiger partial charge on any atom is -0.398 e. The second-order valence-corrected chi connectivity index (χ2v) is 4.97. The van der Waals surface area contributed by atoms with Gasteiger partial charge in [-0.05, 0) is 28.1 Å². The minimum absolute atomic E-state index is 0.768. The molecule has 0 atom stereocenters. The van der Waals surface area contributed by atoms with Crippen LogP contribution in [0.2, 0.25) is 0 Å². The van der Waals surface area contributed by atoms with Gasteiger partial charge in [0.25, 0.3) is 0 Å². The molecule has 2 rings (SSSR count). The first-order valence-electron chi connectivity index (χ1n) is 3.73. The number of nitrogens with two attached hydrogens (primary N) is 1. The van der Waals surface area contributed by atoms with Crippen molar-refractivity contribution in [3.63, 3.8) is 0 Å². The molecule has 1 aromatic heterocycles. The summed E-state index contributed by atoms with van der Waals surface area (Å²) in [6, 6.07) is 7.73. The van der Waals surface area contributed by atoms with Crippen LogP contribution in [0.1, 0.15) is 0 Å². The standard InChI is InChI=1S/C9H7BrN2S/c10-8-5-12-9(13-8)6-3-1-2-4-7(6)11/h1-5H,11H2. The van der Waals surface area contributed by atoms with Gasteiger partial charge >= 0.3 is 0 Å². The molecule has 0 spiro atoms. The fourth-order valence-corrected chi connectivity index (χ4v) is 2.32. The van der Waals surface area contributed by atoms with Crippen molar-refractivity contribution in [2.45, 2.75) is 0 Å². The first-order chi connectivity index (χ1) is 6.27. The van der Waals surface area contributed by atoms with Crippen molar-refractivity contribution in [2.75, 3.05) is 5.73 Å². The molecule has 0 amide bonds. The highest BCUT2D eigenvalue weighted by molar-refractivity contribution is 9.11. The van der Waals surface area contributed by atoms with Crippen LogP contribution >= 0.6 is 27.3 Å². The number of hydrogen-bond donors (Lipinski definition) is 1. The van der Waals surface area contributed by atoms with Gasteiger partial charge in [0, 0.05) is 11.3 Å². The second-order valence-electron chi connectivity index (χ2n) is 2.56. The van der Waals surface area contributed by atoms with Crippen molar-refractivity contribution >= 4 is 33.0 Å². The number of para-hydroxylation sites is 1. The molecule has 0 aliphatic rings. The fraction of sp³-hybridized carbons (Fsp3) is 0. The van der Waals surface area contributed by atoms with Crippen LogP contribution < -0.4 is 5.73 Å². The van der Waals surface area contributed by atoms with Crippen LogP contribution in [0.5, 0.6) is 0 Å². The van der Waals surface area contributed by atoms with Crippen molar-refractivity contribution in [2.24, 2.45) is 0 Å². The third-order valence-corrected chi connectivity index (χ3v) is 3.18. The predicted octanol–water partition coefficient (Wildman–Crippen LogP) is 3.15. The number of anilines is 1. The fourth-order valence-electron chi connectivity index (χ4n) is 1.07. The summed E-state index contributed by atoms with van der Waals surface area (Å²) in [7, 11) is 0. The average molecular weight is 255 g/mol. The third-order valence-electron chi connectivity index (χ3n) is 1.67. The van der Waals surface area contributed by atoms with Crippen molar-refractivity contribution < 1.29 is 0 Å². The van der Waals surface area contributed by atoms with Crippen LogP contribution in [0.25, 0.3) is 10.6 Å². The molecule has 1 heterocycles. The van der Waals surface area contributed by atoms with Gasteiger partial charge in [0.2, 0.25) is 0 Å². The van der Waals surface area contributed by atoms with Crippen molar-refractivity contribution in [3.05, 3.63) is 34.2 Å². The average Bonchev–Trinajstić information content (AvgIpc) is 2.53. The molecule has 0 aliphatic carbocycles. The predicted molar refractivity (Wildman–Crippen MR) is 59.7 cm³/mol. The number of thiazole rings is 1. The van der Waals surface area contributed by atoms with Gasteiger partial charge in [0.1, 0.15) is 5.01 Å². The molecule has 2 aromatic rings. The normalized spacial score (nSPS) is 10.2. The van der Waals surface area contributed by atoms with E-state index in [4.69, 9.17) is 5.73 Å². The molecule has 66 valence electrons. The maximum Gasteiger partial charge on any atom is 0.126 e. The van der Waals surface area contributed by atoms with Gasteiger partial charge in [-0.2, -0.15) is 0 Å². The SMILES string of the molecule is Nc1ccccc1-c1ncc(Br)s1. The summed E-state index contributed by atoms with van der Waals surface area (Å²) in [6.07, 6.45) is 1.78. The van der Waals surface area contributed by atoms with E-state index >= 15 is 0 Å². The zero-order chi connectivity index (χ0) is 9.26. The molecule has 2 nitrogen and oxygen atoms in total. The zero-order valence-electron chi connectivity index (χ0n) is 6.70. The summed E-state index contributed by atoms with van der Waals surface area (Å²) in [5, 5.41) is 0.949. The van der Waals surface area contributed by atoms with E-state index in [1.807, 2.05) is 24.3 Å². The number of nitrogen functional groups attached to an aromatic ring is 1. The minimum atomic E-state index is 0.768. The molecule has 2 N–H and O–H groups in total. The van der Waals surface area contributed by atoms with E-state index in [0.717, 1.165) is 20.0 Å². The van der Waals surface area contributed by atoms with E-state index in [1.54, 1.807) is 17.5 Å². The Morgan fingerprint density at radius 2 is 2.08 bits per heavy atom. The monoisotopic (exact) mass is 254 g/mol. The quantitative estimate of drug-likeness (QED) is 0.795. The van der Waals surface area contributed by atoms with E-state index in [1.165, 1.54) is 0 Å². The van der Waals surface area contributed by atoms with Gasteiger partial charge in [-0.1, -0.05) is 12.1 Å². The smallest absolute Gasteiger partial charge is 0.126 e. The number of rotatable bonds is 1. The number of benzene rings is 1. The number of halogens is 1. The lowest BCUT2D eigenvalue weighted by Gasteiger charge is -1.99. The summed E-state index contributed by atoms with van der Waals surface area (Å²) in [5.74, 6) is 0. The highest BCUT2D eigenvalue weighted by Crippen LogP contribution is 2.31. The van der Waals surface area contributed by atoms with Crippen LogP contribution in [0.4, 0.5) is 5.69 Å². The third kappa shape index (κ3) is 1.73. The van der Waals surface area contributed by atoms with Crippen molar-refractivity contribution in [1.82, 2.24) is 4.98 Å². The largest absolute Gasteiger partial charge is 0.398 e. The lowest BCUT2D eigenvalue weighted by molar-refractivity contribution is 1.41. The van der Waals surface area contributed by atoms with E-state index < -0.39 is 0 Å². The molecule has 0 saturated heterocycles. The topological polar surface area (TPSA) is 38.9 Å². The Bertz CT molecular complexity index is 425. The number of nitrogens with zero attached hydrogens (tertiary/aromatic N) is 1. The van der Waals surface area contributed by atoms with Gasteiger partial charge in [0.05, 0.1) is 9.98 Å². The summed E-state index contributed by atoms with van der Waals surface area (Å²) in [4.78, 5) is 4.24. The molecule has 1 aromatic carbocycles. The van der Waals surface area contributed by atoms with Crippen LogP contribution in [0.3, 0.4) is 0 Å². The van der Waals surface area contributed by atoms with Gasteiger partial charge in [-0.3, -0.25) is 0 Å². The van der Waals surface area contributed by atoms with Gasteiger partial charge in [-0.25, -0.2) is 4.98 Å². The molecule has 4 heteroatoms. The highest BCUT2D eigenvalue weighted by Gasteiger charge is 2.05. The van der Waals surface area contributed by atoms with Crippen molar-refractivity contribution in [3.8, 4) is 10.6 Å². The molecule has 0 radical (unpaired) electrons.